The van der Waals surface area contributed by atoms with Crippen LogP contribution in [0.1, 0.15) is 33.1 Å². The Morgan fingerprint density at radius 2 is 2.12 bits per heavy atom. The summed E-state index contributed by atoms with van der Waals surface area (Å²) in [5.74, 6) is 4.37. The van der Waals surface area contributed by atoms with E-state index in [0.29, 0.717) is 0 Å². The highest BCUT2D eigenvalue weighted by Crippen LogP contribution is 2.26. The Morgan fingerprint density at radius 1 is 1.35 bits per heavy atom. The van der Waals surface area contributed by atoms with E-state index in [0.717, 1.165) is 30.2 Å². The smallest absolute Gasteiger partial charge is 0.156 e. The van der Waals surface area contributed by atoms with Crippen LogP contribution in [0.2, 0.25) is 0 Å². The highest BCUT2D eigenvalue weighted by molar-refractivity contribution is 8.14. The lowest BCUT2D eigenvalue weighted by molar-refractivity contribution is 0.483. The number of hydrogen-bond acceptors (Lipinski definition) is 4. The molecule has 1 saturated heterocycles. The fourth-order valence-electron chi connectivity index (χ4n) is 2.35. The molecule has 1 atom stereocenters. The van der Waals surface area contributed by atoms with Crippen LogP contribution in [0.3, 0.4) is 0 Å². The highest BCUT2D eigenvalue weighted by atomic mass is 32.2. The molecule has 0 aliphatic carbocycles. The predicted octanol–water partition coefficient (Wildman–Crippen LogP) is 3.24. The number of hydrogen-bond donors (Lipinski definition) is 1. The van der Waals surface area contributed by atoms with Crippen molar-refractivity contribution in [3.63, 3.8) is 0 Å². The third-order valence-electron chi connectivity index (χ3n) is 3.33. The molecule has 0 saturated carbocycles. The minimum absolute atomic E-state index is 0.722. The van der Waals surface area contributed by atoms with Crippen molar-refractivity contribution in [2.45, 2.75) is 38.4 Å². The molecule has 2 nitrogen and oxygen atoms in total. The second-order valence-electron chi connectivity index (χ2n) is 5.45. The first kappa shape index (κ1) is 13.6. The average Bonchev–Trinajstić information content (AvgIpc) is 2.75. The molecule has 4 heteroatoms. The Kier molecular flexibility index (Phi) is 5.54. The van der Waals surface area contributed by atoms with Crippen molar-refractivity contribution >= 4 is 28.7 Å². The molecule has 98 valence electrons. The number of nitrogens with one attached hydrogen (secondary N) is 1. The van der Waals surface area contributed by atoms with Crippen molar-refractivity contribution in [3.8, 4) is 0 Å². The average molecular weight is 272 g/mol. The Bertz CT molecular complexity index is 260. The molecule has 0 aromatic rings. The van der Waals surface area contributed by atoms with E-state index in [1.807, 2.05) is 11.8 Å². The summed E-state index contributed by atoms with van der Waals surface area (Å²) < 4.78 is 0. The maximum Gasteiger partial charge on any atom is 0.156 e. The maximum atomic E-state index is 4.62. The highest BCUT2D eigenvalue weighted by Gasteiger charge is 2.21. The van der Waals surface area contributed by atoms with Gasteiger partial charge in [-0.15, -0.1) is 0 Å². The van der Waals surface area contributed by atoms with E-state index in [1.165, 1.54) is 35.9 Å². The number of rotatable bonds is 4. The van der Waals surface area contributed by atoms with Gasteiger partial charge >= 0.3 is 0 Å². The van der Waals surface area contributed by atoms with Crippen LogP contribution in [0.15, 0.2) is 4.99 Å². The molecule has 0 radical (unpaired) electrons. The molecule has 1 unspecified atom stereocenters. The van der Waals surface area contributed by atoms with Crippen LogP contribution in [0.4, 0.5) is 0 Å². The van der Waals surface area contributed by atoms with Crippen LogP contribution in [-0.4, -0.2) is 35.0 Å². The van der Waals surface area contributed by atoms with Gasteiger partial charge in [0.25, 0.3) is 0 Å². The second-order valence-corrected chi connectivity index (χ2v) is 7.97. The summed E-state index contributed by atoms with van der Waals surface area (Å²) in [7, 11) is 0. The summed E-state index contributed by atoms with van der Waals surface area (Å²) in [6.07, 6.45) is 4.05. The molecular weight excluding hydrogens is 248 g/mol. The monoisotopic (exact) mass is 272 g/mol. The van der Waals surface area contributed by atoms with Crippen LogP contribution in [0.25, 0.3) is 0 Å². The fraction of sp³-hybridized carbons (Fsp3) is 0.923. The number of nitrogens with zero attached hydrogens (tertiary/aromatic N) is 1. The predicted molar refractivity (Wildman–Crippen MR) is 81.2 cm³/mol. The van der Waals surface area contributed by atoms with Crippen LogP contribution < -0.4 is 5.32 Å². The van der Waals surface area contributed by atoms with Gasteiger partial charge in [0.2, 0.25) is 0 Å². The summed E-state index contributed by atoms with van der Waals surface area (Å²) in [6.45, 7) is 6.75. The quantitative estimate of drug-likeness (QED) is 0.850. The van der Waals surface area contributed by atoms with E-state index in [-0.39, 0.29) is 0 Å². The topological polar surface area (TPSA) is 24.4 Å². The molecule has 0 spiro atoms. The molecule has 0 aromatic heterocycles. The molecule has 2 aliphatic rings. The minimum atomic E-state index is 0.722. The normalized spacial score (nSPS) is 26.3. The van der Waals surface area contributed by atoms with Gasteiger partial charge < -0.3 is 5.32 Å². The first-order chi connectivity index (χ1) is 8.24. The van der Waals surface area contributed by atoms with Crippen LogP contribution in [-0.2, 0) is 0 Å². The zero-order valence-corrected chi connectivity index (χ0v) is 12.6. The van der Waals surface area contributed by atoms with Gasteiger partial charge in [-0.2, -0.15) is 11.8 Å². The largest absolute Gasteiger partial charge is 0.365 e. The lowest BCUT2D eigenvalue weighted by Gasteiger charge is -2.21. The van der Waals surface area contributed by atoms with Gasteiger partial charge in [-0.05, 0) is 42.6 Å². The third-order valence-corrected chi connectivity index (χ3v) is 5.55. The van der Waals surface area contributed by atoms with Gasteiger partial charge in [0.15, 0.2) is 5.17 Å². The Morgan fingerprint density at radius 3 is 2.82 bits per heavy atom. The van der Waals surface area contributed by atoms with E-state index in [1.54, 1.807) is 0 Å². The SMILES string of the molecule is CC(C)CC1CN=C(NCC2CCSCC2)S1. The van der Waals surface area contributed by atoms with Crippen molar-refractivity contribution in [1.82, 2.24) is 5.32 Å². The summed E-state index contributed by atoms with van der Waals surface area (Å²) in [4.78, 5) is 4.62. The van der Waals surface area contributed by atoms with Crippen molar-refractivity contribution in [2.24, 2.45) is 16.8 Å². The van der Waals surface area contributed by atoms with E-state index < -0.39 is 0 Å². The lowest BCUT2D eigenvalue weighted by Crippen LogP contribution is -2.28. The Hall–Kier alpha value is 0.170. The first-order valence-corrected chi connectivity index (χ1v) is 8.80. The summed E-state index contributed by atoms with van der Waals surface area (Å²) in [6, 6.07) is 0. The first-order valence-electron chi connectivity index (χ1n) is 6.76. The van der Waals surface area contributed by atoms with E-state index in [2.05, 4.69) is 35.9 Å². The number of aliphatic imine (C=N–C) groups is 1. The fourth-order valence-corrected chi connectivity index (χ4v) is 4.81. The van der Waals surface area contributed by atoms with E-state index in [9.17, 15) is 0 Å². The van der Waals surface area contributed by atoms with Gasteiger partial charge in [-0.25, -0.2) is 0 Å². The lowest BCUT2D eigenvalue weighted by atomic mass is 10.0. The van der Waals surface area contributed by atoms with Crippen LogP contribution in [0, 0.1) is 11.8 Å². The summed E-state index contributed by atoms with van der Waals surface area (Å²) >= 11 is 4.06. The number of thioether (sulfide) groups is 2. The van der Waals surface area contributed by atoms with Gasteiger partial charge in [0.1, 0.15) is 0 Å². The Labute approximate surface area is 114 Å². The molecule has 2 rings (SSSR count). The zero-order valence-electron chi connectivity index (χ0n) is 10.9. The molecule has 2 aliphatic heterocycles. The Balaban J connectivity index is 1.63. The van der Waals surface area contributed by atoms with Crippen molar-refractivity contribution < 1.29 is 0 Å². The molecule has 1 fully saturated rings. The molecule has 17 heavy (non-hydrogen) atoms. The third kappa shape index (κ3) is 4.74. The van der Waals surface area contributed by atoms with Gasteiger partial charge in [0, 0.05) is 11.8 Å². The van der Waals surface area contributed by atoms with E-state index >= 15 is 0 Å². The number of amidine groups is 1. The summed E-state index contributed by atoms with van der Waals surface area (Å²) in [5.41, 5.74) is 0. The van der Waals surface area contributed by atoms with Gasteiger partial charge in [-0.3, -0.25) is 4.99 Å². The molecule has 1 N–H and O–H groups in total. The molecule has 0 aromatic carbocycles. The molecule has 2 heterocycles. The maximum absolute atomic E-state index is 4.62. The van der Waals surface area contributed by atoms with Crippen LogP contribution in [0.5, 0.6) is 0 Å². The molecule has 0 amide bonds. The van der Waals surface area contributed by atoms with Gasteiger partial charge in [-0.1, -0.05) is 25.6 Å². The standard InChI is InChI=1S/C13H24N2S2/c1-10(2)7-12-9-15-13(17-12)14-8-11-3-5-16-6-4-11/h10-12H,3-9H2,1-2H3,(H,14,15). The molecular formula is C13H24N2S2. The van der Waals surface area contributed by atoms with Crippen LogP contribution >= 0.6 is 23.5 Å². The van der Waals surface area contributed by atoms with Gasteiger partial charge in [0.05, 0.1) is 6.54 Å². The summed E-state index contributed by atoms with van der Waals surface area (Å²) in [5, 5.41) is 5.48. The molecule has 0 bridgehead atoms. The zero-order chi connectivity index (χ0) is 12.1. The van der Waals surface area contributed by atoms with E-state index in [4.69, 9.17) is 0 Å². The van der Waals surface area contributed by atoms with Crippen molar-refractivity contribution in [1.29, 1.82) is 0 Å². The van der Waals surface area contributed by atoms with Crippen molar-refractivity contribution in [2.75, 3.05) is 24.6 Å². The van der Waals surface area contributed by atoms with Crippen molar-refractivity contribution in [3.05, 3.63) is 0 Å². The second kappa shape index (κ2) is 6.93. The minimum Gasteiger partial charge on any atom is -0.365 e.